The van der Waals surface area contributed by atoms with Crippen LogP contribution < -0.4 is 0 Å². The molecular formula is C6H11BrO. The first kappa shape index (κ1) is 6.56. The number of alkyl halides is 1. The molecule has 1 aliphatic carbocycles. The van der Waals surface area contributed by atoms with Gasteiger partial charge in [0, 0.05) is 16.8 Å². The van der Waals surface area contributed by atoms with Gasteiger partial charge >= 0.3 is 0 Å². The van der Waals surface area contributed by atoms with Gasteiger partial charge in [0.2, 0.25) is 0 Å². The molecule has 8 heavy (non-hydrogen) atoms. The van der Waals surface area contributed by atoms with Gasteiger partial charge in [0.25, 0.3) is 0 Å². The lowest BCUT2D eigenvalue weighted by atomic mass is 10.1. The minimum Gasteiger partial charge on any atom is -0.396 e. The molecule has 1 aliphatic rings. The minimum absolute atomic E-state index is 0.181. The van der Waals surface area contributed by atoms with E-state index in [9.17, 15) is 0 Å². The van der Waals surface area contributed by atoms with E-state index in [-0.39, 0.29) is 5.41 Å². The fraction of sp³-hybridized carbons (Fsp3) is 1.00. The summed E-state index contributed by atoms with van der Waals surface area (Å²) in [5.74, 6) is 0.646. The Hall–Kier alpha value is 0.440. The lowest BCUT2D eigenvalue weighted by Gasteiger charge is -2.01. The molecule has 0 bridgehead atoms. The molecule has 0 heterocycles. The van der Waals surface area contributed by atoms with E-state index in [2.05, 4.69) is 29.8 Å². The lowest BCUT2D eigenvalue weighted by molar-refractivity contribution is 0.215. The van der Waals surface area contributed by atoms with Gasteiger partial charge in [-0.15, -0.1) is 0 Å². The molecule has 0 aliphatic heterocycles. The zero-order chi connectivity index (χ0) is 6.36. The van der Waals surface area contributed by atoms with Gasteiger partial charge in [0.05, 0.1) is 0 Å². The average molecular weight is 179 g/mol. The second kappa shape index (κ2) is 1.71. The van der Waals surface area contributed by atoms with Crippen molar-refractivity contribution in [3.63, 3.8) is 0 Å². The van der Waals surface area contributed by atoms with Gasteiger partial charge in [-0.05, 0) is 5.92 Å². The highest BCUT2D eigenvalue weighted by molar-refractivity contribution is 9.09. The van der Waals surface area contributed by atoms with E-state index in [4.69, 9.17) is 5.11 Å². The third-order valence-corrected chi connectivity index (χ3v) is 4.18. The quantitative estimate of drug-likeness (QED) is 0.603. The van der Waals surface area contributed by atoms with Crippen molar-refractivity contribution in [1.82, 2.24) is 0 Å². The highest BCUT2D eigenvalue weighted by Crippen LogP contribution is 2.56. The van der Waals surface area contributed by atoms with E-state index in [0.29, 0.717) is 17.4 Å². The first-order valence-electron chi connectivity index (χ1n) is 2.88. The third kappa shape index (κ3) is 0.627. The summed E-state index contributed by atoms with van der Waals surface area (Å²) in [7, 11) is 0. The van der Waals surface area contributed by atoms with Gasteiger partial charge < -0.3 is 5.11 Å². The lowest BCUT2D eigenvalue weighted by Crippen LogP contribution is -2.04. The Balaban J connectivity index is 2.50. The summed E-state index contributed by atoms with van der Waals surface area (Å²) in [6, 6.07) is 0. The SMILES string of the molecule is C[C@H]1[C@@H](Br)[C@]1(C)CO. The monoisotopic (exact) mass is 178 g/mol. The smallest absolute Gasteiger partial charge is 0.0498 e. The van der Waals surface area contributed by atoms with Gasteiger partial charge in [-0.2, -0.15) is 0 Å². The molecule has 1 rings (SSSR count). The Bertz CT molecular complexity index is 94.7. The maximum atomic E-state index is 8.78. The Morgan fingerprint density at radius 3 is 2.12 bits per heavy atom. The van der Waals surface area contributed by atoms with Crippen molar-refractivity contribution >= 4 is 15.9 Å². The molecule has 1 nitrogen and oxygen atoms in total. The summed E-state index contributed by atoms with van der Waals surface area (Å²) in [5, 5.41) is 8.78. The van der Waals surface area contributed by atoms with Crippen LogP contribution in [0.15, 0.2) is 0 Å². The molecule has 3 atom stereocenters. The van der Waals surface area contributed by atoms with E-state index in [1.54, 1.807) is 0 Å². The molecule has 0 aromatic heterocycles. The van der Waals surface area contributed by atoms with Crippen molar-refractivity contribution in [3.05, 3.63) is 0 Å². The van der Waals surface area contributed by atoms with Crippen LogP contribution in [0.3, 0.4) is 0 Å². The summed E-state index contributed by atoms with van der Waals surface area (Å²) >= 11 is 3.47. The van der Waals surface area contributed by atoms with Crippen LogP contribution in [0.2, 0.25) is 0 Å². The number of hydrogen-bond donors (Lipinski definition) is 1. The van der Waals surface area contributed by atoms with Crippen molar-refractivity contribution in [2.45, 2.75) is 18.7 Å². The molecule has 2 heteroatoms. The molecule has 48 valence electrons. The van der Waals surface area contributed by atoms with E-state index in [0.717, 1.165) is 0 Å². The van der Waals surface area contributed by atoms with E-state index >= 15 is 0 Å². The zero-order valence-electron chi connectivity index (χ0n) is 5.19. The fourth-order valence-corrected chi connectivity index (χ4v) is 1.97. The van der Waals surface area contributed by atoms with E-state index < -0.39 is 0 Å². The molecule has 1 saturated carbocycles. The van der Waals surface area contributed by atoms with Gasteiger partial charge in [-0.3, -0.25) is 0 Å². The van der Waals surface area contributed by atoms with E-state index in [1.165, 1.54) is 0 Å². The summed E-state index contributed by atoms with van der Waals surface area (Å²) in [6.45, 7) is 4.55. The Kier molecular flexibility index (Phi) is 1.40. The maximum Gasteiger partial charge on any atom is 0.0498 e. The summed E-state index contributed by atoms with van der Waals surface area (Å²) in [5.41, 5.74) is 0.181. The highest BCUT2D eigenvalue weighted by Gasteiger charge is 2.56. The normalized spacial score (nSPS) is 54.0. The number of aliphatic hydroxyl groups excluding tert-OH is 1. The second-order valence-corrected chi connectivity index (χ2v) is 3.84. The van der Waals surface area contributed by atoms with Crippen LogP contribution in [0.25, 0.3) is 0 Å². The van der Waals surface area contributed by atoms with Gasteiger partial charge in [0.1, 0.15) is 0 Å². The number of aliphatic hydroxyl groups is 1. The minimum atomic E-state index is 0.181. The van der Waals surface area contributed by atoms with Gasteiger partial charge in [-0.25, -0.2) is 0 Å². The molecule has 0 spiro atoms. The van der Waals surface area contributed by atoms with Crippen molar-refractivity contribution in [2.24, 2.45) is 11.3 Å². The first-order valence-corrected chi connectivity index (χ1v) is 3.79. The fourth-order valence-electron chi connectivity index (χ4n) is 0.961. The van der Waals surface area contributed by atoms with Gasteiger partial charge in [-0.1, -0.05) is 29.8 Å². The van der Waals surface area contributed by atoms with Crippen LogP contribution in [0, 0.1) is 11.3 Å². The zero-order valence-corrected chi connectivity index (χ0v) is 6.77. The average Bonchev–Trinajstić information content (AvgIpc) is 2.22. The van der Waals surface area contributed by atoms with Crippen LogP contribution in [-0.2, 0) is 0 Å². The van der Waals surface area contributed by atoms with Crippen molar-refractivity contribution < 1.29 is 5.11 Å². The summed E-state index contributed by atoms with van der Waals surface area (Å²) in [4.78, 5) is 0.542. The second-order valence-electron chi connectivity index (χ2n) is 2.85. The molecule has 1 N–H and O–H groups in total. The topological polar surface area (TPSA) is 20.2 Å². The number of hydrogen-bond acceptors (Lipinski definition) is 1. The highest BCUT2D eigenvalue weighted by atomic mass is 79.9. The largest absolute Gasteiger partial charge is 0.396 e. The molecule has 0 aromatic carbocycles. The summed E-state index contributed by atoms with van der Waals surface area (Å²) < 4.78 is 0. The number of rotatable bonds is 1. The third-order valence-electron chi connectivity index (χ3n) is 2.34. The maximum absolute atomic E-state index is 8.78. The summed E-state index contributed by atoms with van der Waals surface area (Å²) in [6.07, 6.45) is 0. The molecule has 0 saturated heterocycles. The van der Waals surface area contributed by atoms with Crippen LogP contribution in [-0.4, -0.2) is 16.5 Å². The molecule has 0 unspecified atom stereocenters. The van der Waals surface area contributed by atoms with Crippen molar-refractivity contribution in [3.8, 4) is 0 Å². The standard InChI is InChI=1S/C6H11BrO/c1-4-5(7)6(4,2)3-8/h4-5,8H,3H2,1-2H3/t4-,5+,6+/m0/s1. The van der Waals surface area contributed by atoms with Gasteiger partial charge in [0.15, 0.2) is 0 Å². The van der Waals surface area contributed by atoms with E-state index in [1.807, 2.05) is 0 Å². The molecular weight excluding hydrogens is 168 g/mol. The molecule has 0 radical (unpaired) electrons. The predicted molar refractivity (Wildman–Crippen MR) is 37.1 cm³/mol. The number of halogens is 1. The van der Waals surface area contributed by atoms with Crippen molar-refractivity contribution in [1.29, 1.82) is 0 Å². The van der Waals surface area contributed by atoms with Crippen LogP contribution in [0.1, 0.15) is 13.8 Å². The molecule has 1 fully saturated rings. The molecule has 0 aromatic rings. The van der Waals surface area contributed by atoms with Crippen molar-refractivity contribution in [2.75, 3.05) is 6.61 Å². The van der Waals surface area contributed by atoms with Crippen LogP contribution in [0.4, 0.5) is 0 Å². The van der Waals surface area contributed by atoms with Crippen LogP contribution >= 0.6 is 15.9 Å². The Morgan fingerprint density at radius 1 is 1.75 bits per heavy atom. The molecule has 0 amide bonds. The Morgan fingerprint density at radius 2 is 2.12 bits per heavy atom. The predicted octanol–water partition coefficient (Wildman–Crippen LogP) is 1.40. The first-order chi connectivity index (χ1) is 3.63. The van der Waals surface area contributed by atoms with Crippen LogP contribution in [0.5, 0.6) is 0 Å². The Labute approximate surface area is 58.2 Å².